The monoisotopic (exact) mass is 257 g/mol. The van der Waals surface area contributed by atoms with E-state index in [4.69, 9.17) is 15.2 Å². The zero-order valence-electron chi connectivity index (χ0n) is 8.34. The van der Waals surface area contributed by atoms with Gasteiger partial charge in [-0.3, -0.25) is 0 Å². The predicted octanol–water partition coefficient (Wildman–Crippen LogP) is 2.58. The summed E-state index contributed by atoms with van der Waals surface area (Å²) >= 11 is 0. The van der Waals surface area contributed by atoms with Crippen molar-refractivity contribution in [2.24, 2.45) is 0 Å². The van der Waals surface area contributed by atoms with E-state index in [1.807, 2.05) is 6.92 Å². The molecule has 0 radical (unpaired) electrons. The van der Waals surface area contributed by atoms with Crippen molar-refractivity contribution < 1.29 is 12.9 Å². The molecule has 2 aromatic rings. The van der Waals surface area contributed by atoms with Gasteiger partial charge in [-0.1, -0.05) is 17.3 Å². The molecule has 0 atom stereocenters. The molecule has 0 saturated carbocycles. The van der Waals surface area contributed by atoms with Crippen molar-refractivity contribution in [2.75, 3.05) is 0 Å². The van der Waals surface area contributed by atoms with Gasteiger partial charge in [-0.2, -0.15) is 0 Å². The second-order valence-electron chi connectivity index (χ2n) is 3.30. The molecule has 0 aliphatic heterocycles. The van der Waals surface area contributed by atoms with Crippen LogP contribution in [-0.4, -0.2) is 13.6 Å². The third-order valence-corrected chi connectivity index (χ3v) is 3.48. The van der Waals surface area contributed by atoms with Crippen LogP contribution in [0, 0.1) is 6.92 Å². The zero-order chi connectivity index (χ0) is 11.8. The van der Waals surface area contributed by atoms with Crippen molar-refractivity contribution in [3.8, 4) is 11.3 Å². The Bertz CT molecular complexity index is 618. The smallest absolute Gasteiger partial charge is 0.261 e. The minimum atomic E-state index is -3.72. The third-order valence-electron chi connectivity index (χ3n) is 2.13. The first-order chi connectivity index (χ1) is 7.48. The van der Waals surface area contributed by atoms with Crippen molar-refractivity contribution in [3.05, 3.63) is 36.0 Å². The Hall–Kier alpha value is -1.33. The van der Waals surface area contributed by atoms with E-state index in [9.17, 15) is 8.42 Å². The molecule has 1 aromatic carbocycles. The third kappa shape index (κ3) is 2.10. The maximum Gasteiger partial charge on any atom is 0.261 e. The minimum Gasteiger partial charge on any atom is -0.356 e. The highest BCUT2D eigenvalue weighted by Gasteiger charge is 2.13. The molecule has 1 aromatic heterocycles. The molecular formula is C10H8ClNO3S. The summed E-state index contributed by atoms with van der Waals surface area (Å²) in [4.78, 5) is 0.0440. The van der Waals surface area contributed by atoms with Crippen molar-refractivity contribution >= 4 is 19.7 Å². The molecule has 0 aliphatic carbocycles. The fourth-order valence-corrected chi connectivity index (χ4v) is 2.15. The van der Waals surface area contributed by atoms with E-state index in [-0.39, 0.29) is 4.90 Å². The van der Waals surface area contributed by atoms with Crippen LogP contribution in [0.3, 0.4) is 0 Å². The first kappa shape index (κ1) is 11.2. The van der Waals surface area contributed by atoms with Crippen LogP contribution in [0.5, 0.6) is 0 Å². The Morgan fingerprint density at radius 3 is 2.69 bits per heavy atom. The highest BCUT2D eigenvalue weighted by atomic mass is 35.7. The normalized spacial score (nSPS) is 11.6. The Labute approximate surface area is 97.3 Å². The summed E-state index contributed by atoms with van der Waals surface area (Å²) in [5.74, 6) is 0.544. The van der Waals surface area contributed by atoms with Gasteiger partial charge in [0.1, 0.15) is 0 Å². The summed E-state index contributed by atoms with van der Waals surface area (Å²) in [7, 11) is 1.54. The fourth-order valence-electron chi connectivity index (χ4n) is 1.36. The van der Waals surface area contributed by atoms with Crippen molar-refractivity contribution in [2.45, 2.75) is 11.8 Å². The maximum atomic E-state index is 11.2. The highest BCUT2D eigenvalue weighted by molar-refractivity contribution is 8.13. The van der Waals surface area contributed by atoms with Gasteiger partial charge in [0.2, 0.25) is 0 Å². The van der Waals surface area contributed by atoms with Crippen molar-refractivity contribution in [3.63, 3.8) is 0 Å². The van der Waals surface area contributed by atoms with Gasteiger partial charge in [0.15, 0.2) is 5.76 Å². The topological polar surface area (TPSA) is 60.2 Å². The van der Waals surface area contributed by atoms with Gasteiger partial charge in [0.05, 0.1) is 11.1 Å². The molecule has 0 saturated heterocycles. The van der Waals surface area contributed by atoms with Crippen LogP contribution >= 0.6 is 10.7 Å². The summed E-state index contributed by atoms with van der Waals surface area (Å²) in [5, 5.41) is 3.63. The predicted molar refractivity (Wildman–Crippen MR) is 59.7 cm³/mol. The van der Waals surface area contributed by atoms with Crippen molar-refractivity contribution in [1.82, 2.24) is 5.16 Å². The van der Waals surface area contributed by atoms with E-state index in [1.165, 1.54) is 12.1 Å². The number of nitrogens with zero attached hydrogens (tertiary/aromatic N) is 1. The lowest BCUT2D eigenvalue weighted by Gasteiger charge is -2.00. The van der Waals surface area contributed by atoms with Gasteiger partial charge in [0.25, 0.3) is 9.05 Å². The molecule has 0 unspecified atom stereocenters. The van der Waals surface area contributed by atoms with Gasteiger partial charge in [-0.25, -0.2) is 8.42 Å². The van der Waals surface area contributed by atoms with Gasteiger partial charge in [-0.05, 0) is 19.1 Å². The quantitative estimate of drug-likeness (QED) is 0.776. The van der Waals surface area contributed by atoms with E-state index in [2.05, 4.69) is 5.16 Å². The Kier molecular flexibility index (Phi) is 2.73. The fraction of sp³-hybridized carbons (Fsp3) is 0.100. The van der Waals surface area contributed by atoms with Gasteiger partial charge in [-0.15, -0.1) is 0 Å². The molecule has 0 fully saturated rings. The van der Waals surface area contributed by atoms with E-state index in [0.717, 1.165) is 5.56 Å². The number of benzene rings is 1. The number of aromatic nitrogens is 1. The number of hydrogen-bond acceptors (Lipinski definition) is 4. The van der Waals surface area contributed by atoms with Crippen LogP contribution in [0.2, 0.25) is 0 Å². The molecule has 4 nitrogen and oxygen atoms in total. The molecule has 2 rings (SSSR count). The molecule has 0 N–H and O–H groups in total. The molecule has 84 valence electrons. The van der Waals surface area contributed by atoms with Gasteiger partial charge < -0.3 is 4.52 Å². The highest BCUT2D eigenvalue weighted by Crippen LogP contribution is 2.26. The zero-order valence-corrected chi connectivity index (χ0v) is 9.92. The van der Waals surface area contributed by atoms with E-state index >= 15 is 0 Å². The minimum absolute atomic E-state index is 0.0440. The first-order valence-electron chi connectivity index (χ1n) is 4.45. The number of hydrogen-bond donors (Lipinski definition) is 0. The molecule has 6 heteroatoms. The lowest BCUT2D eigenvalue weighted by atomic mass is 10.1. The molecular weight excluding hydrogens is 250 g/mol. The lowest BCUT2D eigenvalue weighted by Crippen LogP contribution is -1.90. The SMILES string of the molecule is Cc1cnoc1-c1cccc(S(=O)(=O)Cl)c1. The molecule has 0 bridgehead atoms. The van der Waals surface area contributed by atoms with E-state index in [1.54, 1.807) is 18.3 Å². The number of halogens is 1. The average molecular weight is 258 g/mol. The molecule has 1 heterocycles. The summed E-state index contributed by atoms with van der Waals surface area (Å²) in [6, 6.07) is 6.22. The second-order valence-corrected chi connectivity index (χ2v) is 5.87. The van der Waals surface area contributed by atoms with Crippen LogP contribution in [0.1, 0.15) is 5.56 Å². The van der Waals surface area contributed by atoms with Crippen LogP contribution < -0.4 is 0 Å². The summed E-state index contributed by atoms with van der Waals surface area (Å²) in [6.07, 6.45) is 1.57. The second kappa shape index (κ2) is 3.92. The van der Waals surface area contributed by atoms with Crippen LogP contribution in [-0.2, 0) is 9.05 Å². The summed E-state index contributed by atoms with van der Waals surface area (Å²) < 4.78 is 27.3. The van der Waals surface area contributed by atoms with Gasteiger partial charge >= 0.3 is 0 Å². The summed E-state index contributed by atoms with van der Waals surface area (Å²) in [5.41, 5.74) is 1.47. The summed E-state index contributed by atoms with van der Waals surface area (Å²) in [6.45, 7) is 1.83. The average Bonchev–Trinajstić information content (AvgIpc) is 2.63. The van der Waals surface area contributed by atoms with E-state index < -0.39 is 9.05 Å². The van der Waals surface area contributed by atoms with Crippen molar-refractivity contribution in [1.29, 1.82) is 0 Å². The van der Waals surface area contributed by atoms with Crippen LogP contribution in [0.15, 0.2) is 39.9 Å². The van der Waals surface area contributed by atoms with Crippen LogP contribution in [0.4, 0.5) is 0 Å². The number of rotatable bonds is 2. The lowest BCUT2D eigenvalue weighted by molar-refractivity contribution is 0.432. The Balaban J connectivity index is 2.57. The molecule has 0 amide bonds. The van der Waals surface area contributed by atoms with E-state index in [0.29, 0.717) is 11.3 Å². The molecule has 0 spiro atoms. The maximum absolute atomic E-state index is 11.2. The van der Waals surface area contributed by atoms with Crippen LogP contribution in [0.25, 0.3) is 11.3 Å². The molecule has 16 heavy (non-hydrogen) atoms. The Morgan fingerprint density at radius 2 is 2.12 bits per heavy atom. The largest absolute Gasteiger partial charge is 0.356 e. The standard InChI is InChI=1S/C10H8ClNO3S/c1-7-6-12-15-10(7)8-3-2-4-9(5-8)16(11,13)14/h2-6H,1H3. The van der Waals surface area contributed by atoms with Gasteiger partial charge in [0, 0.05) is 21.8 Å². The number of aryl methyl sites for hydroxylation is 1. The first-order valence-corrected chi connectivity index (χ1v) is 6.76. The Morgan fingerprint density at radius 1 is 1.38 bits per heavy atom. The molecule has 0 aliphatic rings.